The second-order valence-electron chi connectivity index (χ2n) is 6.00. The Morgan fingerprint density at radius 2 is 1.96 bits per heavy atom. The van der Waals surface area contributed by atoms with Gasteiger partial charge in [0.1, 0.15) is 11.4 Å². The highest BCUT2D eigenvalue weighted by molar-refractivity contribution is 6.03. The van der Waals surface area contributed by atoms with Crippen LogP contribution >= 0.6 is 0 Å². The van der Waals surface area contributed by atoms with Gasteiger partial charge in [0.25, 0.3) is 0 Å². The first-order valence-corrected chi connectivity index (χ1v) is 8.10. The third kappa shape index (κ3) is 2.82. The summed E-state index contributed by atoms with van der Waals surface area (Å²) in [5.41, 5.74) is 3.64. The maximum atomic E-state index is 12.6. The van der Waals surface area contributed by atoms with Crippen LogP contribution in [-0.4, -0.2) is 30.5 Å². The van der Waals surface area contributed by atoms with Crippen molar-refractivity contribution < 1.29 is 19.1 Å². The molecular formula is C19H21NO4. The second-order valence-corrected chi connectivity index (χ2v) is 6.00. The molecule has 24 heavy (non-hydrogen) atoms. The molecule has 0 radical (unpaired) electrons. The topological polar surface area (TPSA) is 68.4 Å². The van der Waals surface area contributed by atoms with Crippen LogP contribution in [0.4, 0.5) is 0 Å². The van der Waals surface area contributed by atoms with Gasteiger partial charge in [0.15, 0.2) is 5.78 Å². The lowest BCUT2D eigenvalue weighted by Gasteiger charge is -2.22. The Morgan fingerprint density at radius 1 is 1.25 bits per heavy atom. The number of Topliss-reactive ketones (excluding diaryl/α,β-unsaturated/α-hetero) is 1. The molecule has 126 valence electrons. The normalized spacial score (nSPS) is 16.6. The number of benzene rings is 1. The first kappa shape index (κ1) is 16.3. The van der Waals surface area contributed by atoms with Crippen molar-refractivity contribution in [3.8, 4) is 5.75 Å². The third-order valence-corrected chi connectivity index (χ3v) is 4.54. The number of methoxy groups -OCH3 is 1. The summed E-state index contributed by atoms with van der Waals surface area (Å²) in [6, 6.07) is 7.87. The third-order valence-electron chi connectivity index (χ3n) is 4.54. The fourth-order valence-corrected chi connectivity index (χ4v) is 3.38. The van der Waals surface area contributed by atoms with E-state index in [0.717, 1.165) is 17.0 Å². The number of aromatic nitrogens is 1. The maximum absolute atomic E-state index is 12.6. The van der Waals surface area contributed by atoms with Crippen molar-refractivity contribution in [2.45, 2.75) is 32.6 Å². The van der Waals surface area contributed by atoms with Crippen LogP contribution in [0.1, 0.15) is 56.9 Å². The summed E-state index contributed by atoms with van der Waals surface area (Å²) in [5.74, 6) is 0.559. The predicted molar refractivity (Wildman–Crippen MR) is 89.9 cm³/mol. The van der Waals surface area contributed by atoms with Crippen LogP contribution in [0.5, 0.6) is 5.75 Å². The zero-order chi connectivity index (χ0) is 17.3. The molecule has 1 aromatic heterocycles. The van der Waals surface area contributed by atoms with E-state index in [1.807, 2.05) is 31.2 Å². The summed E-state index contributed by atoms with van der Waals surface area (Å²) in [7, 11) is 1.34. The minimum absolute atomic E-state index is 0.0686. The minimum atomic E-state index is -0.438. The number of hydrogen-bond donors (Lipinski definition) is 1. The summed E-state index contributed by atoms with van der Waals surface area (Å²) in [5, 5.41) is 0. The monoisotopic (exact) mass is 327 g/mol. The molecule has 1 aliphatic rings. The van der Waals surface area contributed by atoms with Gasteiger partial charge in [-0.1, -0.05) is 12.1 Å². The molecule has 0 bridgehead atoms. The quantitative estimate of drug-likeness (QED) is 0.874. The molecule has 1 aliphatic carbocycles. The van der Waals surface area contributed by atoms with Crippen LogP contribution in [0.15, 0.2) is 24.3 Å². The molecule has 0 fully saturated rings. The Kier molecular flexibility index (Phi) is 4.42. The molecule has 0 saturated heterocycles. The lowest BCUT2D eigenvalue weighted by Crippen LogP contribution is -2.18. The molecule has 0 spiro atoms. The Balaban J connectivity index is 1.89. The number of carbonyl (C=O) groups is 2. The number of carbonyl (C=O) groups excluding carboxylic acids is 2. The Bertz CT molecular complexity index is 773. The van der Waals surface area contributed by atoms with Crippen molar-refractivity contribution >= 4 is 11.8 Å². The van der Waals surface area contributed by atoms with E-state index in [9.17, 15) is 9.59 Å². The lowest BCUT2D eigenvalue weighted by molar-refractivity contribution is 0.0593. The molecule has 5 heteroatoms. The molecule has 3 rings (SSSR count). The predicted octanol–water partition coefficient (Wildman–Crippen LogP) is 3.42. The van der Waals surface area contributed by atoms with Crippen molar-refractivity contribution in [1.82, 2.24) is 4.98 Å². The summed E-state index contributed by atoms with van der Waals surface area (Å²) in [4.78, 5) is 27.5. The van der Waals surface area contributed by atoms with Crippen molar-refractivity contribution in [1.29, 1.82) is 0 Å². The number of hydrogen-bond acceptors (Lipinski definition) is 4. The number of H-pyrrole nitrogens is 1. The van der Waals surface area contributed by atoms with Crippen LogP contribution in [0.3, 0.4) is 0 Å². The average Bonchev–Trinajstić information content (AvgIpc) is 2.92. The molecular weight excluding hydrogens is 306 g/mol. The van der Waals surface area contributed by atoms with Crippen LogP contribution in [0.25, 0.3) is 0 Å². The van der Waals surface area contributed by atoms with Gasteiger partial charge in [-0.15, -0.1) is 0 Å². The average molecular weight is 327 g/mol. The van der Waals surface area contributed by atoms with Crippen molar-refractivity contribution in [2.24, 2.45) is 0 Å². The fourth-order valence-electron chi connectivity index (χ4n) is 3.38. The van der Waals surface area contributed by atoms with Gasteiger partial charge in [0, 0.05) is 17.7 Å². The molecule has 0 aliphatic heterocycles. The molecule has 1 atom stereocenters. The maximum Gasteiger partial charge on any atom is 0.354 e. The first-order valence-electron chi connectivity index (χ1n) is 8.10. The zero-order valence-corrected chi connectivity index (χ0v) is 14.1. The van der Waals surface area contributed by atoms with Crippen molar-refractivity contribution in [3.05, 3.63) is 52.3 Å². The van der Waals surface area contributed by atoms with Gasteiger partial charge in [-0.2, -0.15) is 0 Å². The van der Waals surface area contributed by atoms with Gasteiger partial charge in [-0.05, 0) is 49.4 Å². The number of nitrogens with one attached hydrogen (secondary N) is 1. The van der Waals surface area contributed by atoms with Gasteiger partial charge in [0.05, 0.1) is 13.7 Å². The van der Waals surface area contributed by atoms with Gasteiger partial charge < -0.3 is 14.5 Å². The van der Waals surface area contributed by atoms with Crippen molar-refractivity contribution in [3.63, 3.8) is 0 Å². The smallest absolute Gasteiger partial charge is 0.354 e. The summed E-state index contributed by atoms with van der Waals surface area (Å²) < 4.78 is 10.2. The number of rotatable bonds is 4. The number of ketones is 1. The van der Waals surface area contributed by atoms with Crippen molar-refractivity contribution in [2.75, 3.05) is 13.7 Å². The number of fused-ring (bicyclic) bond motifs is 1. The first-order chi connectivity index (χ1) is 11.5. The van der Waals surface area contributed by atoms with Crippen LogP contribution in [0.2, 0.25) is 0 Å². The van der Waals surface area contributed by atoms with Gasteiger partial charge >= 0.3 is 5.97 Å². The highest BCUT2D eigenvalue weighted by Gasteiger charge is 2.32. The molecule has 5 nitrogen and oxygen atoms in total. The standard InChI is InChI=1S/C19H21NO4/c1-4-24-14-7-5-12(6-8-14)13-9-15-17(16(21)10-13)11(2)18(20-15)19(22)23-3/h5-8,13,20H,4,9-10H2,1-3H3. The molecule has 1 heterocycles. The summed E-state index contributed by atoms with van der Waals surface area (Å²) >= 11 is 0. The van der Waals surface area contributed by atoms with Gasteiger partial charge in [-0.3, -0.25) is 4.79 Å². The van der Waals surface area contributed by atoms with Gasteiger partial charge in [0.2, 0.25) is 0 Å². The molecule has 1 unspecified atom stereocenters. The molecule has 2 aromatic rings. The SMILES string of the molecule is CCOc1ccc(C2CC(=O)c3c([nH]c(C(=O)OC)c3C)C2)cc1. The van der Waals surface area contributed by atoms with E-state index in [4.69, 9.17) is 9.47 Å². The summed E-state index contributed by atoms with van der Waals surface area (Å²) in [6.07, 6.45) is 1.15. The van der Waals surface area contributed by atoms with E-state index in [2.05, 4.69) is 4.98 Å². The lowest BCUT2D eigenvalue weighted by atomic mass is 9.81. The van der Waals surface area contributed by atoms with Crippen LogP contribution in [-0.2, 0) is 11.2 Å². The number of esters is 1. The summed E-state index contributed by atoms with van der Waals surface area (Å²) in [6.45, 7) is 4.36. The number of aromatic amines is 1. The largest absolute Gasteiger partial charge is 0.494 e. The highest BCUT2D eigenvalue weighted by Crippen LogP contribution is 2.35. The molecule has 0 amide bonds. The highest BCUT2D eigenvalue weighted by atomic mass is 16.5. The molecule has 1 N–H and O–H groups in total. The van der Waals surface area contributed by atoms with E-state index in [-0.39, 0.29) is 11.7 Å². The number of ether oxygens (including phenoxy) is 2. The fraction of sp³-hybridized carbons (Fsp3) is 0.368. The van der Waals surface area contributed by atoms with Crippen LogP contribution in [0, 0.1) is 6.92 Å². The Morgan fingerprint density at radius 3 is 2.58 bits per heavy atom. The van der Waals surface area contributed by atoms with E-state index in [1.54, 1.807) is 6.92 Å². The van der Waals surface area contributed by atoms with E-state index < -0.39 is 5.97 Å². The Labute approximate surface area is 141 Å². The molecule has 1 aromatic carbocycles. The van der Waals surface area contributed by atoms with Gasteiger partial charge in [-0.25, -0.2) is 4.79 Å². The van der Waals surface area contributed by atoms with E-state index >= 15 is 0 Å². The Hall–Kier alpha value is -2.56. The van der Waals surface area contributed by atoms with Crippen LogP contribution < -0.4 is 4.74 Å². The zero-order valence-electron chi connectivity index (χ0n) is 14.1. The second kappa shape index (κ2) is 6.51. The van der Waals surface area contributed by atoms with E-state index in [1.165, 1.54) is 7.11 Å². The molecule has 0 saturated carbocycles. The van der Waals surface area contributed by atoms with E-state index in [0.29, 0.717) is 36.3 Å². The minimum Gasteiger partial charge on any atom is -0.494 e.